The molecule has 1 aliphatic heterocycles. The van der Waals surface area contributed by atoms with Crippen molar-refractivity contribution in [1.82, 2.24) is 19.2 Å². The van der Waals surface area contributed by atoms with Gasteiger partial charge in [0.05, 0.1) is 11.5 Å². The molecule has 4 rings (SSSR count). The number of hydrogen-bond acceptors (Lipinski definition) is 10. The minimum atomic E-state index is -3.75. The molecule has 0 amide bonds. The number of likely N-dealkylation sites (tertiary alicyclic amines) is 1. The van der Waals surface area contributed by atoms with E-state index in [0.29, 0.717) is 55.9 Å². The summed E-state index contributed by atoms with van der Waals surface area (Å²) in [6.07, 6.45) is 3.00. The lowest BCUT2D eigenvalue weighted by molar-refractivity contribution is 0.0719. The third-order valence-electron chi connectivity index (χ3n) is 6.86. The lowest BCUT2D eigenvalue weighted by Crippen LogP contribution is -2.45. The van der Waals surface area contributed by atoms with Crippen LogP contribution >= 0.6 is 7.60 Å². The lowest BCUT2D eigenvalue weighted by Gasteiger charge is -2.36. The van der Waals surface area contributed by atoms with Crippen molar-refractivity contribution in [2.45, 2.75) is 37.6 Å². The Morgan fingerprint density at radius 2 is 1.69 bits per heavy atom. The van der Waals surface area contributed by atoms with Gasteiger partial charge in [-0.25, -0.2) is 22.2 Å². The highest BCUT2D eigenvalue weighted by Crippen LogP contribution is 2.47. The standard InChI is InChI=1S/C27H35F2N6O5PS/c1-4-39-41(36,5-2)40-19-35-16-13-22(14-17-35)34(3)42(37,38)23-9-6-20(7-10-23)32-27-30-15-12-26(33-27)31-21-8-11-24(28)25(29)18-21/h6-12,15,18,22H,4-5,13-14,16-17,19H2,1-3H3,(H2,30,31,32,33). The molecule has 15 heteroatoms. The normalized spacial score (nSPS) is 16.3. The van der Waals surface area contributed by atoms with Gasteiger partial charge >= 0.3 is 7.60 Å². The molecular formula is C27H35F2N6O5PS. The number of piperidine rings is 1. The van der Waals surface area contributed by atoms with Gasteiger partial charge in [-0.15, -0.1) is 0 Å². The van der Waals surface area contributed by atoms with Crippen LogP contribution in [0.4, 0.5) is 31.9 Å². The van der Waals surface area contributed by atoms with Crippen LogP contribution < -0.4 is 10.6 Å². The Hall–Kier alpha value is -3.00. The van der Waals surface area contributed by atoms with Crippen LogP contribution in [0.15, 0.2) is 59.6 Å². The number of hydrogen-bond donors (Lipinski definition) is 2. The maximum atomic E-state index is 13.5. The second-order valence-electron chi connectivity index (χ2n) is 9.64. The number of sulfonamides is 1. The fraction of sp³-hybridized carbons (Fsp3) is 0.407. The van der Waals surface area contributed by atoms with Crippen molar-refractivity contribution in [1.29, 1.82) is 0 Å². The van der Waals surface area contributed by atoms with Crippen LogP contribution in [0.3, 0.4) is 0 Å². The van der Waals surface area contributed by atoms with Crippen molar-refractivity contribution in [3.8, 4) is 0 Å². The fourth-order valence-electron chi connectivity index (χ4n) is 4.41. The van der Waals surface area contributed by atoms with Crippen LogP contribution in [0.2, 0.25) is 0 Å². The van der Waals surface area contributed by atoms with Gasteiger partial charge in [-0.1, -0.05) is 6.92 Å². The summed E-state index contributed by atoms with van der Waals surface area (Å²) in [5, 5.41) is 5.89. The first-order valence-corrected chi connectivity index (χ1v) is 16.7. The van der Waals surface area contributed by atoms with Gasteiger partial charge in [-0.3, -0.25) is 14.0 Å². The number of halogens is 2. The summed E-state index contributed by atoms with van der Waals surface area (Å²) in [7, 11) is -5.27. The fourth-order valence-corrected chi connectivity index (χ4v) is 7.00. The van der Waals surface area contributed by atoms with E-state index in [2.05, 4.69) is 20.6 Å². The van der Waals surface area contributed by atoms with Gasteiger partial charge in [0.25, 0.3) is 0 Å². The first kappa shape index (κ1) is 31.9. The monoisotopic (exact) mass is 624 g/mol. The highest BCUT2D eigenvalue weighted by molar-refractivity contribution is 7.89. The van der Waals surface area contributed by atoms with Crippen LogP contribution in [0.5, 0.6) is 0 Å². The zero-order valence-electron chi connectivity index (χ0n) is 23.7. The van der Waals surface area contributed by atoms with Gasteiger partial charge < -0.3 is 15.2 Å². The van der Waals surface area contributed by atoms with Crippen molar-refractivity contribution >= 4 is 40.8 Å². The number of anilines is 4. The predicted molar refractivity (Wildman–Crippen MR) is 157 cm³/mol. The summed E-state index contributed by atoms with van der Waals surface area (Å²) < 4.78 is 78.2. The number of nitrogens with one attached hydrogen (secondary N) is 2. The van der Waals surface area contributed by atoms with Gasteiger partial charge in [0.2, 0.25) is 16.0 Å². The zero-order chi connectivity index (χ0) is 30.3. The molecule has 0 saturated carbocycles. The Labute approximate surface area is 244 Å². The van der Waals surface area contributed by atoms with Gasteiger partial charge in [-0.2, -0.15) is 9.29 Å². The molecule has 1 aromatic heterocycles. The van der Waals surface area contributed by atoms with E-state index in [0.717, 1.165) is 12.1 Å². The van der Waals surface area contributed by atoms with E-state index in [9.17, 15) is 21.8 Å². The SMILES string of the molecule is CCOP(=O)(CC)OCN1CCC(N(C)S(=O)(=O)c2ccc(Nc3nccc(Nc4ccc(F)c(F)c4)n3)cc2)CC1. The van der Waals surface area contributed by atoms with E-state index in [1.54, 1.807) is 39.1 Å². The molecule has 228 valence electrons. The smallest absolute Gasteiger partial charge is 0.331 e. The van der Waals surface area contributed by atoms with Crippen molar-refractivity contribution in [3.05, 3.63) is 66.4 Å². The predicted octanol–water partition coefficient (Wildman–Crippen LogP) is 5.55. The van der Waals surface area contributed by atoms with Gasteiger partial charge in [-0.05, 0) is 62.2 Å². The van der Waals surface area contributed by atoms with E-state index in [1.165, 1.54) is 28.7 Å². The number of nitrogens with zero attached hydrogens (tertiary/aromatic N) is 4. The highest BCUT2D eigenvalue weighted by atomic mass is 32.2. The summed E-state index contributed by atoms with van der Waals surface area (Å²) in [4.78, 5) is 10.6. The molecule has 2 heterocycles. The maximum Gasteiger partial charge on any atom is 0.331 e. The van der Waals surface area contributed by atoms with Crippen molar-refractivity contribution in [3.63, 3.8) is 0 Å². The molecule has 0 aliphatic carbocycles. The summed E-state index contributed by atoms with van der Waals surface area (Å²) in [6, 6.07) is 11.1. The Morgan fingerprint density at radius 1 is 1.00 bits per heavy atom. The van der Waals surface area contributed by atoms with E-state index in [-0.39, 0.29) is 23.6 Å². The molecule has 1 fully saturated rings. The summed E-state index contributed by atoms with van der Waals surface area (Å²) in [5.74, 6) is -1.35. The molecule has 42 heavy (non-hydrogen) atoms. The molecular weight excluding hydrogens is 589 g/mol. The molecule has 1 saturated heterocycles. The minimum Gasteiger partial charge on any atom is -0.340 e. The van der Waals surface area contributed by atoms with E-state index < -0.39 is 29.3 Å². The Balaban J connectivity index is 1.33. The second-order valence-corrected chi connectivity index (χ2v) is 14.0. The van der Waals surface area contributed by atoms with Crippen LogP contribution in [-0.4, -0.2) is 73.3 Å². The van der Waals surface area contributed by atoms with Crippen molar-refractivity contribution in [2.75, 3.05) is 50.3 Å². The van der Waals surface area contributed by atoms with E-state index >= 15 is 0 Å². The lowest BCUT2D eigenvalue weighted by atomic mass is 10.1. The second kappa shape index (κ2) is 14.0. The van der Waals surface area contributed by atoms with Crippen LogP contribution in [0, 0.1) is 11.6 Å². The zero-order valence-corrected chi connectivity index (χ0v) is 25.4. The van der Waals surface area contributed by atoms with E-state index in [1.807, 2.05) is 4.90 Å². The van der Waals surface area contributed by atoms with E-state index in [4.69, 9.17) is 9.05 Å². The Kier molecular flexibility index (Phi) is 10.6. The number of rotatable bonds is 13. The minimum absolute atomic E-state index is 0.150. The average molecular weight is 625 g/mol. The molecule has 1 atom stereocenters. The Bertz CT molecular complexity index is 1510. The number of aromatic nitrogens is 2. The molecule has 2 aromatic carbocycles. The molecule has 0 radical (unpaired) electrons. The average Bonchev–Trinajstić information content (AvgIpc) is 2.98. The van der Waals surface area contributed by atoms with Crippen LogP contribution in [-0.2, 0) is 23.6 Å². The topological polar surface area (TPSA) is 126 Å². The summed E-state index contributed by atoms with van der Waals surface area (Å²) >= 11 is 0. The third kappa shape index (κ3) is 8.09. The Morgan fingerprint density at radius 3 is 2.33 bits per heavy atom. The summed E-state index contributed by atoms with van der Waals surface area (Å²) in [5.41, 5.74) is 0.881. The molecule has 1 unspecified atom stereocenters. The third-order valence-corrected chi connectivity index (χ3v) is 10.7. The molecule has 2 N–H and O–H groups in total. The molecule has 0 bridgehead atoms. The molecule has 0 spiro atoms. The van der Waals surface area contributed by atoms with Crippen molar-refractivity contribution in [2.24, 2.45) is 0 Å². The maximum absolute atomic E-state index is 13.5. The largest absolute Gasteiger partial charge is 0.340 e. The van der Waals surface area contributed by atoms with Crippen LogP contribution in [0.25, 0.3) is 0 Å². The molecule has 3 aromatic rings. The first-order valence-electron chi connectivity index (χ1n) is 13.5. The molecule has 1 aliphatic rings. The van der Waals surface area contributed by atoms with Gasteiger partial charge in [0.1, 0.15) is 12.5 Å². The molecule has 11 nitrogen and oxygen atoms in total. The van der Waals surface area contributed by atoms with Gasteiger partial charge in [0, 0.05) is 56.0 Å². The van der Waals surface area contributed by atoms with Crippen LogP contribution in [0.1, 0.15) is 26.7 Å². The van der Waals surface area contributed by atoms with Gasteiger partial charge in [0.15, 0.2) is 11.6 Å². The van der Waals surface area contributed by atoms with Crippen molar-refractivity contribution < 1.29 is 30.8 Å². The quantitative estimate of drug-likeness (QED) is 0.234. The highest BCUT2D eigenvalue weighted by Gasteiger charge is 2.32. The first-order chi connectivity index (χ1) is 20.0. The summed E-state index contributed by atoms with van der Waals surface area (Å²) in [6.45, 7) is 5.23. The number of benzene rings is 2.